The molecule has 4 nitrogen and oxygen atoms in total. The number of nitrogens with zero attached hydrogens (tertiary/aromatic N) is 1. The first-order valence-corrected chi connectivity index (χ1v) is 7.72. The topological polar surface area (TPSA) is 58.4 Å². The molecule has 5 heteroatoms. The Morgan fingerprint density at radius 1 is 1.42 bits per heavy atom. The second kappa shape index (κ2) is 6.70. The minimum atomic E-state index is -0.305. The molecule has 19 heavy (non-hydrogen) atoms. The van der Waals surface area contributed by atoms with E-state index in [1.54, 1.807) is 4.90 Å². The standard InChI is InChI=1S/C14H21N3OS/c1-2-19-13-6-4-3-5-12(13)16-11-7-9-17(10-8-11)14(15)18/h3-6,11,16H,2,7-10H2,1H3,(H2,15,18). The van der Waals surface area contributed by atoms with E-state index in [1.807, 2.05) is 11.8 Å². The highest BCUT2D eigenvalue weighted by Gasteiger charge is 2.21. The van der Waals surface area contributed by atoms with E-state index < -0.39 is 0 Å². The molecule has 3 N–H and O–H groups in total. The Bertz CT molecular complexity index is 430. The van der Waals surface area contributed by atoms with Crippen LogP contribution in [0.5, 0.6) is 0 Å². The van der Waals surface area contributed by atoms with Crippen molar-refractivity contribution in [1.29, 1.82) is 0 Å². The molecule has 0 radical (unpaired) electrons. The van der Waals surface area contributed by atoms with Gasteiger partial charge in [-0.25, -0.2) is 4.79 Å². The third-order valence-corrected chi connectivity index (χ3v) is 4.31. The Hall–Kier alpha value is -1.36. The van der Waals surface area contributed by atoms with Crippen LogP contribution in [-0.2, 0) is 0 Å². The number of benzene rings is 1. The molecule has 2 rings (SSSR count). The Labute approximate surface area is 118 Å². The molecule has 0 unspecified atom stereocenters. The van der Waals surface area contributed by atoms with Gasteiger partial charge >= 0.3 is 6.03 Å². The van der Waals surface area contributed by atoms with E-state index in [-0.39, 0.29) is 6.03 Å². The summed E-state index contributed by atoms with van der Waals surface area (Å²) in [6.45, 7) is 3.65. The molecule has 1 saturated heterocycles. The first kappa shape index (κ1) is 14.1. The Morgan fingerprint density at radius 3 is 2.74 bits per heavy atom. The maximum atomic E-state index is 11.1. The first-order chi connectivity index (χ1) is 9.20. The largest absolute Gasteiger partial charge is 0.381 e. The molecule has 1 aliphatic rings. The number of urea groups is 1. The molecule has 2 amide bonds. The van der Waals surface area contributed by atoms with Crippen LogP contribution in [0.3, 0.4) is 0 Å². The van der Waals surface area contributed by atoms with Crippen LogP contribution in [0.15, 0.2) is 29.2 Å². The number of carbonyl (C=O) groups is 1. The molecule has 0 atom stereocenters. The Balaban J connectivity index is 1.93. The van der Waals surface area contributed by atoms with E-state index in [4.69, 9.17) is 5.73 Å². The number of rotatable bonds is 4. The monoisotopic (exact) mass is 279 g/mol. The van der Waals surface area contributed by atoms with E-state index in [0.717, 1.165) is 31.7 Å². The van der Waals surface area contributed by atoms with Crippen molar-refractivity contribution in [3.05, 3.63) is 24.3 Å². The van der Waals surface area contributed by atoms with Crippen LogP contribution < -0.4 is 11.1 Å². The number of nitrogens with two attached hydrogens (primary N) is 1. The van der Waals surface area contributed by atoms with Gasteiger partial charge < -0.3 is 16.0 Å². The van der Waals surface area contributed by atoms with E-state index in [1.165, 1.54) is 10.6 Å². The molecule has 0 aromatic heterocycles. The molecular formula is C14H21N3OS. The van der Waals surface area contributed by atoms with Crippen molar-refractivity contribution in [2.75, 3.05) is 24.2 Å². The number of likely N-dealkylation sites (tertiary alicyclic amines) is 1. The average molecular weight is 279 g/mol. The summed E-state index contributed by atoms with van der Waals surface area (Å²) in [6.07, 6.45) is 1.90. The SMILES string of the molecule is CCSc1ccccc1NC1CCN(C(N)=O)CC1. The molecule has 0 aliphatic carbocycles. The summed E-state index contributed by atoms with van der Waals surface area (Å²) in [4.78, 5) is 14.1. The van der Waals surface area contributed by atoms with E-state index in [2.05, 4.69) is 36.5 Å². The lowest BCUT2D eigenvalue weighted by molar-refractivity contribution is 0.193. The predicted octanol–water partition coefficient (Wildman–Crippen LogP) is 2.75. The van der Waals surface area contributed by atoms with Crippen molar-refractivity contribution in [3.8, 4) is 0 Å². The number of para-hydroxylation sites is 1. The first-order valence-electron chi connectivity index (χ1n) is 6.73. The fraction of sp³-hybridized carbons (Fsp3) is 0.500. The zero-order valence-electron chi connectivity index (χ0n) is 11.3. The van der Waals surface area contributed by atoms with Gasteiger partial charge in [-0.3, -0.25) is 0 Å². The fourth-order valence-corrected chi connectivity index (χ4v) is 3.10. The highest BCUT2D eigenvalue weighted by Crippen LogP contribution is 2.28. The summed E-state index contributed by atoms with van der Waals surface area (Å²) in [5, 5.41) is 3.59. The van der Waals surface area contributed by atoms with Gasteiger partial charge in [-0.15, -0.1) is 11.8 Å². The van der Waals surface area contributed by atoms with Crippen LogP contribution in [0, 0.1) is 0 Å². The summed E-state index contributed by atoms with van der Waals surface area (Å²) in [5.74, 6) is 1.07. The normalized spacial score (nSPS) is 16.4. The smallest absolute Gasteiger partial charge is 0.314 e. The van der Waals surface area contributed by atoms with Crippen LogP contribution in [0.4, 0.5) is 10.5 Å². The molecule has 1 aliphatic heterocycles. The van der Waals surface area contributed by atoms with Crippen LogP contribution in [0.25, 0.3) is 0 Å². The lowest BCUT2D eigenvalue weighted by Crippen LogP contribution is -2.44. The number of hydrogen-bond acceptors (Lipinski definition) is 3. The summed E-state index contributed by atoms with van der Waals surface area (Å²) >= 11 is 1.85. The average Bonchev–Trinajstić information content (AvgIpc) is 2.42. The minimum Gasteiger partial charge on any atom is -0.381 e. The molecular weight excluding hydrogens is 258 g/mol. The predicted molar refractivity (Wildman–Crippen MR) is 80.6 cm³/mol. The van der Waals surface area contributed by atoms with Gasteiger partial charge in [0.1, 0.15) is 0 Å². The van der Waals surface area contributed by atoms with Crippen molar-refractivity contribution in [2.45, 2.75) is 30.7 Å². The number of anilines is 1. The van der Waals surface area contributed by atoms with Crippen molar-refractivity contribution >= 4 is 23.5 Å². The van der Waals surface area contributed by atoms with Crippen molar-refractivity contribution in [1.82, 2.24) is 4.90 Å². The summed E-state index contributed by atoms with van der Waals surface area (Å²) in [6, 6.07) is 8.52. The van der Waals surface area contributed by atoms with Crippen molar-refractivity contribution in [2.24, 2.45) is 5.73 Å². The van der Waals surface area contributed by atoms with Gasteiger partial charge in [0.15, 0.2) is 0 Å². The summed E-state index contributed by atoms with van der Waals surface area (Å²) in [7, 11) is 0. The number of amides is 2. The third kappa shape index (κ3) is 3.80. The third-order valence-electron chi connectivity index (χ3n) is 3.35. The Morgan fingerprint density at radius 2 is 2.11 bits per heavy atom. The number of nitrogens with one attached hydrogen (secondary N) is 1. The van der Waals surface area contributed by atoms with Gasteiger partial charge in [0, 0.05) is 29.7 Å². The maximum Gasteiger partial charge on any atom is 0.314 e. The summed E-state index contributed by atoms with van der Waals surface area (Å²) < 4.78 is 0. The molecule has 0 bridgehead atoms. The summed E-state index contributed by atoms with van der Waals surface area (Å²) in [5.41, 5.74) is 6.49. The van der Waals surface area contributed by atoms with Gasteiger partial charge in [-0.1, -0.05) is 19.1 Å². The number of primary amides is 1. The second-order valence-corrected chi connectivity index (χ2v) is 5.98. The van der Waals surface area contributed by atoms with E-state index >= 15 is 0 Å². The lowest BCUT2D eigenvalue weighted by atomic mass is 10.0. The molecule has 0 spiro atoms. The second-order valence-electron chi connectivity index (χ2n) is 4.67. The maximum absolute atomic E-state index is 11.1. The number of piperidine rings is 1. The van der Waals surface area contributed by atoms with Gasteiger partial charge in [-0.2, -0.15) is 0 Å². The minimum absolute atomic E-state index is 0.305. The van der Waals surface area contributed by atoms with E-state index in [0.29, 0.717) is 6.04 Å². The number of thioether (sulfide) groups is 1. The molecule has 1 aromatic carbocycles. The zero-order valence-corrected chi connectivity index (χ0v) is 12.1. The zero-order chi connectivity index (χ0) is 13.7. The van der Waals surface area contributed by atoms with Crippen molar-refractivity contribution in [3.63, 3.8) is 0 Å². The van der Waals surface area contributed by atoms with Gasteiger partial charge in [0.05, 0.1) is 0 Å². The number of hydrogen-bond donors (Lipinski definition) is 2. The highest BCUT2D eigenvalue weighted by atomic mass is 32.2. The van der Waals surface area contributed by atoms with Gasteiger partial charge in [-0.05, 0) is 30.7 Å². The number of carbonyl (C=O) groups excluding carboxylic acids is 1. The molecule has 1 fully saturated rings. The molecule has 1 aromatic rings. The van der Waals surface area contributed by atoms with Gasteiger partial charge in [0.2, 0.25) is 0 Å². The quantitative estimate of drug-likeness (QED) is 0.833. The Kier molecular flexibility index (Phi) is 4.96. The molecule has 104 valence electrons. The van der Waals surface area contributed by atoms with Crippen LogP contribution in [-0.4, -0.2) is 35.8 Å². The molecule has 0 saturated carbocycles. The van der Waals surface area contributed by atoms with Crippen LogP contribution in [0.1, 0.15) is 19.8 Å². The van der Waals surface area contributed by atoms with Crippen LogP contribution in [0.2, 0.25) is 0 Å². The van der Waals surface area contributed by atoms with Gasteiger partial charge in [0.25, 0.3) is 0 Å². The molecule has 1 heterocycles. The van der Waals surface area contributed by atoms with Crippen molar-refractivity contribution < 1.29 is 4.79 Å². The lowest BCUT2D eigenvalue weighted by Gasteiger charge is -2.32. The highest BCUT2D eigenvalue weighted by molar-refractivity contribution is 7.99. The van der Waals surface area contributed by atoms with Crippen LogP contribution >= 0.6 is 11.8 Å². The van der Waals surface area contributed by atoms with E-state index in [9.17, 15) is 4.79 Å². The fourth-order valence-electron chi connectivity index (χ4n) is 2.33.